The summed E-state index contributed by atoms with van der Waals surface area (Å²) in [6.45, 7) is 9.43. The number of nitrogens with zero attached hydrogens (tertiary/aromatic N) is 2. The summed E-state index contributed by atoms with van der Waals surface area (Å²) in [4.78, 5) is 45.0. The zero-order chi connectivity index (χ0) is 24.6. The van der Waals surface area contributed by atoms with Crippen molar-refractivity contribution in [1.29, 1.82) is 0 Å². The van der Waals surface area contributed by atoms with Gasteiger partial charge in [0.25, 0.3) is 11.5 Å². The summed E-state index contributed by atoms with van der Waals surface area (Å²) in [5.74, 6) is -0.291. The van der Waals surface area contributed by atoms with Crippen LogP contribution in [0, 0.1) is 13.8 Å². The number of fused-ring (bicyclic) bond motifs is 1. The van der Waals surface area contributed by atoms with Crippen molar-refractivity contribution in [2.24, 2.45) is 4.99 Å². The fourth-order valence-corrected chi connectivity index (χ4v) is 4.20. The molecule has 1 aromatic carbocycles. The Morgan fingerprint density at radius 2 is 1.88 bits per heavy atom. The number of amides is 1. The first kappa shape index (κ1) is 23.4. The first-order chi connectivity index (χ1) is 16.2. The largest absolute Gasteiger partial charge is 0.348 e. The Morgan fingerprint density at radius 3 is 2.50 bits per heavy atom. The molecule has 0 bridgehead atoms. The van der Waals surface area contributed by atoms with Gasteiger partial charge < -0.3 is 15.7 Å². The van der Waals surface area contributed by atoms with Crippen molar-refractivity contribution in [2.75, 3.05) is 0 Å². The zero-order valence-electron chi connectivity index (χ0n) is 20.0. The monoisotopic (exact) mass is 459 g/mol. The third-order valence-corrected chi connectivity index (χ3v) is 6.07. The van der Waals surface area contributed by atoms with Crippen LogP contribution in [0.4, 0.5) is 0 Å². The fraction of sp³-hybridized carbons (Fsp3) is 0.308. The molecule has 0 radical (unpaired) electrons. The minimum absolute atomic E-state index is 0.00896. The van der Waals surface area contributed by atoms with Crippen LogP contribution in [0.25, 0.3) is 0 Å². The maximum Gasteiger partial charge on any atom is 0.253 e. The van der Waals surface area contributed by atoms with E-state index in [1.165, 1.54) is 6.92 Å². The number of allylic oxidation sites excluding steroid dienone is 1. The summed E-state index contributed by atoms with van der Waals surface area (Å²) in [6, 6.07) is 9.23. The standard InChI is InChI=1S/C26H29N5O3/c1-14(2)31-24-22(13-28-31)20(11-23(30-24)19-8-6-18(7-9-19)17(5)32)25(33)27-12-21-15(3)10-16(4)29-26(21)34/h6-11,13-14,24,28H,12H2,1-5H3,(H,27,33)(H,29,34). The molecule has 3 N–H and O–H groups in total. The van der Waals surface area contributed by atoms with Crippen LogP contribution in [0.1, 0.15) is 53.5 Å². The molecule has 1 unspecified atom stereocenters. The quantitative estimate of drug-likeness (QED) is 0.576. The van der Waals surface area contributed by atoms with E-state index in [2.05, 4.69) is 15.7 Å². The first-order valence-corrected chi connectivity index (χ1v) is 11.3. The van der Waals surface area contributed by atoms with Crippen LogP contribution in [-0.4, -0.2) is 39.6 Å². The number of benzene rings is 1. The number of aliphatic imine (C=N–C) groups is 1. The summed E-state index contributed by atoms with van der Waals surface area (Å²) in [7, 11) is 0. The molecule has 0 aliphatic carbocycles. The molecule has 8 heteroatoms. The summed E-state index contributed by atoms with van der Waals surface area (Å²) in [6.07, 6.45) is 3.20. The smallest absolute Gasteiger partial charge is 0.253 e. The molecule has 4 rings (SSSR count). The Hall–Kier alpha value is -3.78. The number of nitrogens with one attached hydrogen (secondary N) is 3. The van der Waals surface area contributed by atoms with Gasteiger partial charge in [0.15, 0.2) is 5.78 Å². The van der Waals surface area contributed by atoms with Crippen molar-refractivity contribution in [3.63, 3.8) is 0 Å². The van der Waals surface area contributed by atoms with E-state index in [0.29, 0.717) is 22.4 Å². The van der Waals surface area contributed by atoms with E-state index in [4.69, 9.17) is 4.99 Å². The van der Waals surface area contributed by atoms with Gasteiger partial charge in [0.1, 0.15) is 6.17 Å². The lowest BCUT2D eigenvalue weighted by Gasteiger charge is -2.30. The number of carbonyl (C=O) groups is 2. The number of dihydropyridines is 1. The molecule has 34 heavy (non-hydrogen) atoms. The molecule has 0 saturated carbocycles. The van der Waals surface area contributed by atoms with Crippen LogP contribution in [-0.2, 0) is 11.3 Å². The predicted molar refractivity (Wildman–Crippen MR) is 131 cm³/mol. The molecule has 1 aromatic heterocycles. The number of aromatic nitrogens is 1. The van der Waals surface area contributed by atoms with Crippen molar-refractivity contribution >= 4 is 17.4 Å². The van der Waals surface area contributed by atoms with Crippen LogP contribution in [0.2, 0.25) is 0 Å². The topological polar surface area (TPSA) is 107 Å². The second kappa shape index (κ2) is 9.23. The van der Waals surface area contributed by atoms with Gasteiger partial charge in [-0.15, -0.1) is 0 Å². The van der Waals surface area contributed by atoms with Crippen LogP contribution >= 0.6 is 0 Å². The van der Waals surface area contributed by atoms with Gasteiger partial charge in [0, 0.05) is 46.8 Å². The van der Waals surface area contributed by atoms with E-state index in [-0.39, 0.29) is 36.0 Å². The predicted octanol–water partition coefficient (Wildman–Crippen LogP) is 2.68. The number of hydrogen-bond donors (Lipinski definition) is 3. The van der Waals surface area contributed by atoms with Crippen LogP contribution < -0.4 is 16.3 Å². The molecule has 2 aliphatic rings. The normalized spacial score (nSPS) is 17.5. The highest BCUT2D eigenvalue weighted by Crippen LogP contribution is 2.30. The highest BCUT2D eigenvalue weighted by molar-refractivity contribution is 6.15. The van der Waals surface area contributed by atoms with Gasteiger partial charge in [-0.2, -0.15) is 5.01 Å². The average Bonchev–Trinajstić information content (AvgIpc) is 3.22. The Bertz CT molecular complexity index is 1300. The van der Waals surface area contributed by atoms with Crippen molar-refractivity contribution in [2.45, 2.75) is 53.4 Å². The average molecular weight is 460 g/mol. The lowest BCUT2D eigenvalue weighted by Crippen LogP contribution is -2.44. The number of H-pyrrole nitrogens is 1. The van der Waals surface area contributed by atoms with E-state index >= 15 is 0 Å². The lowest BCUT2D eigenvalue weighted by molar-refractivity contribution is -0.117. The molecule has 0 spiro atoms. The maximum absolute atomic E-state index is 13.3. The zero-order valence-corrected chi connectivity index (χ0v) is 20.0. The van der Waals surface area contributed by atoms with Gasteiger partial charge in [-0.25, -0.2) is 0 Å². The highest BCUT2D eigenvalue weighted by atomic mass is 16.2. The Morgan fingerprint density at radius 1 is 1.18 bits per heavy atom. The van der Waals surface area contributed by atoms with Crippen LogP contribution in [0.3, 0.4) is 0 Å². The molecule has 3 heterocycles. The van der Waals surface area contributed by atoms with Gasteiger partial charge in [-0.3, -0.25) is 19.4 Å². The number of rotatable bonds is 6. The van der Waals surface area contributed by atoms with Crippen molar-refractivity contribution in [1.82, 2.24) is 20.7 Å². The highest BCUT2D eigenvalue weighted by Gasteiger charge is 2.36. The van der Waals surface area contributed by atoms with E-state index in [1.807, 2.05) is 50.9 Å². The number of hydrogen-bond acceptors (Lipinski definition) is 6. The summed E-state index contributed by atoms with van der Waals surface area (Å²) in [5, 5.41) is 4.89. The van der Waals surface area contributed by atoms with Gasteiger partial charge in [-0.05, 0) is 57.9 Å². The minimum Gasteiger partial charge on any atom is -0.348 e. The molecular weight excluding hydrogens is 430 g/mol. The lowest BCUT2D eigenvalue weighted by atomic mass is 9.95. The third-order valence-electron chi connectivity index (χ3n) is 6.07. The molecular formula is C26H29N5O3. The summed E-state index contributed by atoms with van der Waals surface area (Å²) in [5.41, 5.74) is 8.51. The third kappa shape index (κ3) is 4.49. The van der Waals surface area contributed by atoms with E-state index < -0.39 is 0 Å². The molecule has 0 fully saturated rings. The van der Waals surface area contributed by atoms with E-state index in [9.17, 15) is 14.4 Å². The van der Waals surface area contributed by atoms with Crippen molar-refractivity contribution in [3.05, 3.63) is 92.1 Å². The first-order valence-electron chi connectivity index (χ1n) is 11.3. The Balaban J connectivity index is 1.65. The van der Waals surface area contributed by atoms with Crippen LogP contribution in [0.15, 0.2) is 63.5 Å². The minimum atomic E-state index is -0.363. The molecule has 2 aromatic rings. The number of carbonyl (C=O) groups excluding carboxylic acids is 2. The number of ketones is 1. The molecule has 1 amide bonds. The molecule has 2 aliphatic heterocycles. The number of aromatic amines is 1. The van der Waals surface area contributed by atoms with E-state index in [0.717, 1.165) is 22.4 Å². The number of hydrazine groups is 1. The van der Waals surface area contributed by atoms with Gasteiger partial charge in [0.2, 0.25) is 0 Å². The Labute approximate surface area is 198 Å². The molecule has 176 valence electrons. The van der Waals surface area contributed by atoms with Gasteiger partial charge in [0.05, 0.1) is 5.71 Å². The fourth-order valence-electron chi connectivity index (χ4n) is 4.20. The maximum atomic E-state index is 13.3. The van der Waals surface area contributed by atoms with Gasteiger partial charge >= 0.3 is 0 Å². The number of pyridine rings is 1. The molecule has 0 saturated heterocycles. The van der Waals surface area contributed by atoms with Crippen molar-refractivity contribution < 1.29 is 9.59 Å². The molecule has 8 nitrogen and oxygen atoms in total. The van der Waals surface area contributed by atoms with Crippen molar-refractivity contribution in [3.8, 4) is 0 Å². The summed E-state index contributed by atoms with van der Waals surface area (Å²) >= 11 is 0. The SMILES string of the molecule is CC(=O)c1ccc(C2=NC3C(=CNN3C(C)C)C(C(=O)NCc3c(C)cc(C)[nH]c3=O)=C2)cc1. The second-order valence-electron chi connectivity index (χ2n) is 8.94. The summed E-state index contributed by atoms with van der Waals surface area (Å²) < 4.78 is 0. The van der Waals surface area contributed by atoms with Crippen LogP contribution in [0.5, 0.6) is 0 Å². The number of aryl methyl sites for hydroxylation is 2. The second-order valence-corrected chi connectivity index (χ2v) is 8.94. The molecule has 1 atom stereocenters. The van der Waals surface area contributed by atoms with Gasteiger partial charge in [-0.1, -0.05) is 24.3 Å². The number of Topliss-reactive ketones (excluding diaryl/α,β-unsaturated/α-hetero) is 1. The van der Waals surface area contributed by atoms with E-state index in [1.54, 1.807) is 24.4 Å². The Kier molecular flexibility index (Phi) is 6.34.